The Balaban J connectivity index is 1.84. The fourth-order valence-corrected chi connectivity index (χ4v) is 2.37. The average Bonchev–Trinajstić information content (AvgIpc) is 3.04. The van der Waals surface area contributed by atoms with Crippen molar-refractivity contribution < 1.29 is 9.18 Å². The van der Waals surface area contributed by atoms with E-state index < -0.39 is 0 Å². The summed E-state index contributed by atoms with van der Waals surface area (Å²) in [6.07, 6.45) is 0. The van der Waals surface area contributed by atoms with Crippen LogP contribution in [0.4, 0.5) is 10.1 Å². The molecule has 116 valence electrons. The smallest absolute Gasteiger partial charge is 0.276 e. The van der Waals surface area contributed by atoms with Gasteiger partial charge in [-0.15, -0.1) is 0 Å². The Morgan fingerprint density at radius 1 is 1.17 bits per heavy atom. The van der Waals surface area contributed by atoms with E-state index >= 15 is 0 Å². The second-order valence-electron chi connectivity index (χ2n) is 5.02. The zero-order valence-electron chi connectivity index (χ0n) is 12.3. The number of anilines is 1. The van der Waals surface area contributed by atoms with E-state index in [9.17, 15) is 9.18 Å². The van der Waals surface area contributed by atoms with Gasteiger partial charge in [-0.25, -0.2) is 4.39 Å². The summed E-state index contributed by atoms with van der Waals surface area (Å²) < 4.78 is 13.0. The summed E-state index contributed by atoms with van der Waals surface area (Å²) in [5.41, 5.74) is 2.33. The van der Waals surface area contributed by atoms with Crippen molar-refractivity contribution >= 4 is 23.2 Å². The van der Waals surface area contributed by atoms with Crippen LogP contribution in [0.25, 0.3) is 11.3 Å². The van der Waals surface area contributed by atoms with Gasteiger partial charge in [-0.3, -0.25) is 9.89 Å². The highest BCUT2D eigenvalue weighted by atomic mass is 35.5. The van der Waals surface area contributed by atoms with E-state index in [0.29, 0.717) is 22.1 Å². The maximum atomic E-state index is 13.0. The van der Waals surface area contributed by atoms with Crippen LogP contribution in [0.5, 0.6) is 0 Å². The zero-order chi connectivity index (χ0) is 16.4. The van der Waals surface area contributed by atoms with Crippen LogP contribution < -0.4 is 4.90 Å². The molecular weight excluding hydrogens is 317 g/mol. The monoisotopic (exact) mass is 329 g/mol. The molecule has 0 unspecified atom stereocenters. The summed E-state index contributed by atoms with van der Waals surface area (Å²) in [5, 5.41) is 7.38. The van der Waals surface area contributed by atoms with Crippen LogP contribution in [-0.2, 0) is 0 Å². The van der Waals surface area contributed by atoms with E-state index in [1.165, 1.54) is 17.0 Å². The molecule has 3 aromatic rings. The number of carbonyl (C=O) groups excluding carboxylic acids is 1. The number of benzene rings is 2. The van der Waals surface area contributed by atoms with Gasteiger partial charge in [-0.1, -0.05) is 17.7 Å². The van der Waals surface area contributed by atoms with Crippen molar-refractivity contribution in [2.24, 2.45) is 0 Å². The molecule has 0 bridgehead atoms. The van der Waals surface area contributed by atoms with E-state index in [2.05, 4.69) is 10.2 Å². The Kier molecular flexibility index (Phi) is 4.12. The van der Waals surface area contributed by atoms with Gasteiger partial charge in [0.15, 0.2) is 0 Å². The average molecular weight is 330 g/mol. The van der Waals surface area contributed by atoms with Crippen LogP contribution >= 0.6 is 11.6 Å². The van der Waals surface area contributed by atoms with E-state index in [1.54, 1.807) is 49.5 Å². The van der Waals surface area contributed by atoms with Crippen LogP contribution in [-0.4, -0.2) is 23.2 Å². The van der Waals surface area contributed by atoms with E-state index in [0.717, 1.165) is 5.56 Å². The molecule has 1 aromatic heterocycles. The number of carbonyl (C=O) groups is 1. The van der Waals surface area contributed by atoms with Crippen molar-refractivity contribution in [3.05, 3.63) is 71.1 Å². The first-order chi connectivity index (χ1) is 11.0. The third kappa shape index (κ3) is 3.24. The summed E-state index contributed by atoms with van der Waals surface area (Å²) in [7, 11) is 1.66. The largest absolute Gasteiger partial charge is 0.310 e. The molecule has 2 aromatic carbocycles. The van der Waals surface area contributed by atoms with Crippen LogP contribution in [0, 0.1) is 5.82 Å². The molecule has 0 radical (unpaired) electrons. The maximum Gasteiger partial charge on any atom is 0.276 e. The number of H-pyrrole nitrogens is 1. The van der Waals surface area contributed by atoms with E-state index in [4.69, 9.17) is 11.6 Å². The lowest BCUT2D eigenvalue weighted by Crippen LogP contribution is -2.26. The van der Waals surface area contributed by atoms with E-state index in [1.807, 2.05) is 0 Å². The van der Waals surface area contributed by atoms with Crippen molar-refractivity contribution in [2.75, 3.05) is 11.9 Å². The van der Waals surface area contributed by atoms with Gasteiger partial charge in [0, 0.05) is 23.3 Å². The van der Waals surface area contributed by atoms with Gasteiger partial charge in [0.05, 0.1) is 5.69 Å². The highest BCUT2D eigenvalue weighted by molar-refractivity contribution is 6.31. The minimum Gasteiger partial charge on any atom is -0.310 e. The van der Waals surface area contributed by atoms with Gasteiger partial charge in [0.25, 0.3) is 5.91 Å². The van der Waals surface area contributed by atoms with Crippen molar-refractivity contribution in [2.45, 2.75) is 0 Å². The highest BCUT2D eigenvalue weighted by Crippen LogP contribution is 2.22. The van der Waals surface area contributed by atoms with Crippen LogP contribution in [0.15, 0.2) is 54.6 Å². The number of hydrogen-bond donors (Lipinski definition) is 1. The maximum absolute atomic E-state index is 13.0. The Hall–Kier alpha value is -2.66. The number of aromatic amines is 1. The first-order valence-electron chi connectivity index (χ1n) is 6.89. The summed E-state index contributed by atoms with van der Waals surface area (Å²) in [4.78, 5) is 14.0. The second-order valence-corrected chi connectivity index (χ2v) is 5.45. The minimum atomic E-state index is -0.318. The normalized spacial score (nSPS) is 10.6. The number of nitrogens with one attached hydrogen (secondary N) is 1. The molecule has 0 spiro atoms. The Labute approximate surface area is 137 Å². The summed E-state index contributed by atoms with van der Waals surface area (Å²) in [6.45, 7) is 0. The topological polar surface area (TPSA) is 49.0 Å². The van der Waals surface area contributed by atoms with Gasteiger partial charge >= 0.3 is 0 Å². The summed E-state index contributed by atoms with van der Waals surface area (Å²) >= 11 is 5.95. The van der Waals surface area contributed by atoms with Crippen molar-refractivity contribution in [3.8, 4) is 11.3 Å². The molecule has 1 N–H and O–H groups in total. The summed E-state index contributed by atoms with van der Waals surface area (Å²) in [5.74, 6) is -0.561. The highest BCUT2D eigenvalue weighted by Gasteiger charge is 2.17. The summed E-state index contributed by atoms with van der Waals surface area (Å²) in [6, 6.07) is 14.6. The molecule has 0 aliphatic carbocycles. The third-order valence-corrected chi connectivity index (χ3v) is 3.68. The molecule has 0 aliphatic rings. The molecule has 0 atom stereocenters. The van der Waals surface area contributed by atoms with Crippen molar-refractivity contribution in [1.29, 1.82) is 0 Å². The predicted molar refractivity (Wildman–Crippen MR) is 88.2 cm³/mol. The standard InChI is InChI=1S/C17H13ClFN3O/c1-22(14-4-2-3-12(18)9-14)17(23)16-10-15(20-21-16)11-5-7-13(19)8-6-11/h2-10H,1H3,(H,20,21). The fraction of sp³-hybridized carbons (Fsp3) is 0.0588. The molecule has 6 heteroatoms. The first kappa shape index (κ1) is 15.2. The Morgan fingerprint density at radius 2 is 1.91 bits per heavy atom. The number of amides is 1. The van der Waals surface area contributed by atoms with Gasteiger partial charge in [0.2, 0.25) is 0 Å². The lowest BCUT2D eigenvalue weighted by atomic mass is 10.1. The molecule has 4 nitrogen and oxygen atoms in total. The molecule has 0 saturated heterocycles. The number of nitrogens with zero attached hydrogens (tertiary/aromatic N) is 2. The number of rotatable bonds is 3. The Morgan fingerprint density at radius 3 is 2.61 bits per heavy atom. The predicted octanol–water partition coefficient (Wildman–Crippen LogP) is 4.15. The molecule has 1 heterocycles. The minimum absolute atomic E-state index is 0.242. The van der Waals surface area contributed by atoms with Crippen molar-refractivity contribution in [1.82, 2.24) is 10.2 Å². The van der Waals surface area contributed by atoms with Crippen LogP contribution in [0.1, 0.15) is 10.5 Å². The lowest BCUT2D eigenvalue weighted by molar-refractivity contribution is 0.0988. The zero-order valence-corrected chi connectivity index (χ0v) is 13.0. The number of hydrogen-bond acceptors (Lipinski definition) is 2. The van der Waals surface area contributed by atoms with Gasteiger partial charge in [-0.2, -0.15) is 5.10 Å². The van der Waals surface area contributed by atoms with Crippen LogP contribution in [0.3, 0.4) is 0 Å². The molecule has 0 aliphatic heterocycles. The number of aromatic nitrogens is 2. The van der Waals surface area contributed by atoms with Gasteiger partial charge in [0.1, 0.15) is 11.5 Å². The molecule has 0 fully saturated rings. The molecule has 0 saturated carbocycles. The number of halogens is 2. The SMILES string of the molecule is CN(C(=O)c1cc(-c2ccc(F)cc2)n[nH]1)c1cccc(Cl)c1. The van der Waals surface area contributed by atoms with Gasteiger partial charge in [-0.05, 0) is 48.5 Å². The molecule has 23 heavy (non-hydrogen) atoms. The first-order valence-corrected chi connectivity index (χ1v) is 7.27. The van der Waals surface area contributed by atoms with Crippen LogP contribution in [0.2, 0.25) is 5.02 Å². The van der Waals surface area contributed by atoms with Gasteiger partial charge < -0.3 is 4.90 Å². The Bertz CT molecular complexity index is 845. The molecule has 1 amide bonds. The molecular formula is C17H13ClFN3O. The second kappa shape index (κ2) is 6.22. The third-order valence-electron chi connectivity index (χ3n) is 3.45. The fourth-order valence-electron chi connectivity index (χ4n) is 2.18. The quantitative estimate of drug-likeness (QED) is 0.785. The van der Waals surface area contributed by atoms with Crippen molar-refractivity contribution in [3.63, 3.8) is 0 Å². The molecule has 3 rings (SSSR count). The lowest BCUT2D eigenvalue weighted by Gasteiger charge is -2.16. The van der Waals surface area contributed by atoms with E-state index in [-0.39, 0.29) is 11.7 Å².